The van der Waals surface area contributed by atoms with Gasteiger partial charge in [0.2, 0.25) is 0 Å². The Morgan fingerprint density at radius 2 is 1.65 bits per heavy atom. The van der Waals surface area contributed by atoms with Crippen molar-refractivity contribution >= 4 is 29.3 Å². The van der Waals surface area contributed by atoms with Crippen LogP contribution in [0.2, 0.25) is 0 Å². The first-order valence-electron chi connectivity index (χ1n) is 13.7. The maximum atomic E-state index is 14.2. The Balaban J connectivity index is 1.88. The number of ketones is 3. The predicted octanol–water partition coefficient (Wildman–Crippen LogP) is 4.95. The van der Waals surface area contributed by atoms with Crippen LogP contribution in [0.1, 0.15) is 93.9 Å². The van der Waals surface area contributed by atoms with E-state index in [1.54, 1.807) is 6.92 Å². The van der Waals surface area contributed by atoms with Crippen LogP contribution in [0.5, 0.6) is 0 Å². The molecular formula is C30H42O7. The van der Waals surface area contributed by atoms with E-state index in [1.165, 1.54) is 13.8 Å². The SMILES string of the molecule is CC(=O)OC1C[C@H]([C@H](C)C(=O)C(C)C(=O)O)[C@@]2(C)CC(=O)C3=C(CCC4C(C)(C)C(=O)CC[C@]34C)[C@]12C. The lowest BCUT2D eigenvalue weighted by Crippen LogP contribution is -2.58. The lowest BCUT2D eigenvalue weighted by Gasteiger charge is -2.60. The minimum Gasteiger partial charge on any atom is -0.481 e. The molecule has 0 saturated heterocycles. The van der Waals surface area contributed by atoms with Gasteiger partial charge < -0.3 is 9.84 Å². The number of carboxylic acids is 1. The largest absolute Gasteiger partial charge is 0.481 e. The summed E-state index contributed by atoms with van der Waals surface area (Å²) in [5, 5.41) is 9.48. The second-order valence-corrected chi connectivity index (χ2v) is 13.4. The topological polar surface area (TPSA) is 115 Å². The third kappa shape index (κ3) is 3.62. The third-order valence-corrected chi connectivity index (χ3v) is 11.5. The van der Waals surface area contributed by atoms with E-state index in [1.807, 2.05) is 20.8 Å². The van der Waals surface area contributed by atoms with Crippen LogP contribution in [-0.4, -0.2) is 40.5 Å². The summed E-state index contributed by atoms with van der Waals surface area (Å²) in [5.74, 6) is -3.64. The van der Waals surface area contributed by atoms with Crippen molar-refractivity contribution in [3.8, 4) is 0 Å². The number of fused-ring (bicyclic) bond motifs is 4. The Kier molecular flexibility index (Phi) is 6.44. The molecule has 0 amide bonds. The van der Waals surface area contributed by atoms with Crippen LogP contribution >= 0.6 is 0 Å². The summed E-state index contributed by atoms with van der Waals surface area (Å²) in [6.45, 7) is 14.8. The fourth-order valence-corrected chi connectivity index (χ4v) is 9.20. The number of rotatable bonds is 5. The third-order valence-electron chi connectivity index (χ3n) is 11.5. The number of allylic oxidation sites excluding steroid dienone is 1. The van der Waals surface area contributed by atoms with E-state index in [0.29, 0.717) is 25.7 Å². The molecule has 1 N–H and O–H groups in total. The molecule has 8 atom stereocenters. The Bertz CT molecular complexity index is 1110. The van der Waals surface area contributed by atoms with E-state index in [-0.39, 0.29) is 35.6 Å². The number of aliphatic carboxylic acids is 1. The minimum absolute atomic E-state index is 0.0539. The van der Waals surface area contributed by atoms with Gasteiger partial charge in [0.25, 0.3) is 0 Å². The Morgan fingerprint density at radius 3 is 2.22 bits per heavy atom. The van der Waals surface area contributed by atoms with Gasteiger partial charge in [0.05, 0.1) is 0 Å². The van der Waals surface area contributed by atoms with Crippen LogP contribution in [0.15, 0.2) is 11.1 Å². The highest BCUT2D eigenvalue weighted by atomic mass is 16.5. The number of hydrogen-bond donors (Lipinski definition) is 1. The standard InChI is InChI=1S/C30H42O7/c1-15(25(34)16(2)26(35)36)19-13-23(37-17(3)31)30(8)18-9-10-21-27(4,5)22(33)11-12-28(21,6)24(18)20(32)14-29(19,30)7/h15-16,19,21,23H,9-14H2,1-8H3,(H,35,36)/t15-,16?,19+,21?,23?,28-,29+,30+/m0/s1. The van der Waals surface area contributed by atoms with Gasteiger partial charge in [-0.15, -0.1) is 0 Å². The molecular weight excluding hydrogens is 472 g/mol. The fraction of sp³-hybridized carbons (Fsp3) is 0.767. The smallest absolute Gasteiger partial charge is 0.313 e. The Morgan fingerprint density at radius 1 is 1.03 bits per heavy atom. The summed E-state index contributed by atoms with van der Waals surface area (Å²) in [6.07, 6.45) is 2.57. The summed E-state index contributed by atoms with van der Waals surface area (Å²) < 4.78 is 5.96. The van der Waals surface area contributed by atoms with Crippen LogP contribution in [0, 0.1) is 45.3 Å². The van der Waals surface area contributed by atoms with E-state index in [2.05, 4.69) is 13.8 Å². The lowest BCUT2D eigenvalue weighted by atomic mass is 9.43. The summed E-state index contributed by atoms with van der Waals surface area (Å²) >= 11 is 0. The van der Waals surface area contributed by atoms with Gasteiger partial charge in [-0.1, -0.05) is 47.1 Å². The molecule has 7 heteroatoms. The zero-order valence-corrected chi connectivity index (χ0v) is 23.5. The van der Waals surface area contributed by atoms with Crippen molar-refractivity contribution in [1.29, 1.82) is 0 Å². The molecule has 0 aromatic carbocycles. The molecule has 2 saturated carbocycles. The number of carbonyl (C=O) groups excluding carboxylic acids is 4. The molecule has 0 heterocycles. The molecule has 37 heavy (non-hydrogen) atoms. The second-order valence-electron chi connectivity index (χ2n) is 13.4. The maximum absolute atomic E-state index is 14.2. The molecule has 4 rings (SSSR count). The van der Waals surface area contributed by atoms with Crippen LogP contribution < -0.4 is 0 Å². The molecule has 0 aliphatic heterocycles. The first kappa shape index (κ1) is 27.7. The normalized spacial score (nSPS) is 40.3. The Labute approximate surface area is 219 Å². The first-order valence-corrected chi connectivity index (χ1v) is 13.7. The highest BCUT2D eigenvalue weighted by Gasteiger charge is 2.70. The van der Waals surface area contributed by atoms with E-state index >= 15 is 0 Å². The molecule has 7 nitrogen and oxygen atoms in total. The van der Waals surface area contributed by atoms with Gasteiger partial charge in [-0.25, -0.2) is 0 Å². The predicted molar refractivity (Wildman–Crippen MR) is 136 cm³/mol. The number of carbonyl (C=O) groups is 5. The number of ether oxygens (including phenoxy) is 1. The second kappa shape index (κ2) is 8.60. The summed E-state index contributed by atoms with van der Waals surface area (Å²) in [5.41, 5.74) is -0.471. The van der Waals surface area contributed by atoms with Crippen molar-refractivity contribution in [1.82, 2.24) is 0 Å². The van der Waals surface area contributed by atoms with Crippen molar-refractivity contribution in [2.24, 2.45) is 45.3 Å². The van der Waals surface area contributed by atoms with Crippen molar-refractivity contribution in [3.63, 3.8) is 0 Å². The average Bonchev–Trinajstić information content (AvgIpc) is 3.01. The quantitative estimate of drug-likeness (QED) is 0.408. The van der Waals surface area contributed by atoms with Gasteiger partial charge in [-0.05, 0) is 49.9 Å². The van der Waals surface area contributed by atoms with Crippen molar-refractivity contribution in [2.75, 3.05) is 0 Å². The van der Waals surface area contributed by atoms with Gasteiger partial charge in [-0.3, -0.25) is 24.0 Å². The highest BCUT2D eigenvalue weighted by molar-refractivity contribution is 6.01. The summed E-state index contributed by atoms with van der Waals surface area (Å²) in [7, 11) is 0. The van der Waals surface area contributed by atoms with Crippen LogP contribution in [-0.2, 0) is 28.7 Å². The number of esters is 1. The molecule has 4 aliphatic carbocycles. The van der Waals surface area contributed by atoms with Gasteiger partial charge in [-0.2, -0.15) is 0 Å². The monoisotopic (exact) mass is 514 g/mol. The van der Waals surface area contributed by atoms with Gasteiger partial charge in [0.15, 0.2) is 5.78 Å². The van der Waals surface area contributed by atoms with Crippen LogP contribution in [0.4, 0.5) is 0 Å². The van der Waals surface area contributed by atoms with Crippen LogP contribution in [0.25, 0.3) is 0 Å². The van der Waals surface area contributed by atoms with E-state index in [0.717, 1.165) is 17.6 Å². The molecule has 0 aromatic heterocycles. The van der Waals surface area contributed by atoms with Gasteiger partial charge >= 0.3 is 11.9 Å². The summed E-state index contributed by atoms with van der Waals surface area (Å²) in [6, 6.07) is 0. The van der Waals surface area contributed by atoms with E-state index in [4.69, 9.17) is 4.74 Å². The minimum atomic E-state index is -1.16. The molecule has 0 bridgehead atoms. The molecule has 0 radical (unpaired) electrons. The van der Waals surface area contributed by atoms with E-state index < -0.39 is 51.5 Å². The Hall–Kier alpha value is -2.31. The lowest BCUT2D eigenvalue weighted by molar-refractivity contribution is -0.155. The molecule has 3 unspecified atom stereocenters. The fourth-order valence-electron chi connectivity index (χ4n) is 9.20. The number of carboxylic acid groups (broad SMARTS) is 1. The van der Waals surface area contributed by atoms with Gasteiger partial charge in [0.1, 0.15) is 23.6 Å². The van der Waals surface area contributed by atoms with Crippen LogP contribution in [0.3, 0.4) is 0 Å². The molecule has 4 aliphatic rings. The molecule has 204 valence electrons. The highest BCUT2D eigenvalue weighted by Crippen LogP contribution is 2.72. The maximum Gasteiger partial charge on any atom is 0.313 e. The first-order chi connectivity index (χ1) is 16.9. The van der Waals surface area contributed by atoms with Crippen molar-refractivity contribution < 1.29 is 33.8 Å². The average molecular weight is 515 g/mol. The molecule has 2 fully saturated rings. The zero-order chi connectivity index (χ0) is 27.9. The van der Waals surface area contributed by atoms with Gasteiger partial charge in [0, 0.05) is 47.5 Å². The molecule has 0 spiro atoms. The van der Waals surface area contributed by atoms with Crippen molar-refractivity contribution in [3.05, 3.63) is 11.1 Å². The van der Waals surface area contributed by atoms with E-state index in [9.17, 15) is 29.1 Å². The zero-order valence-electron chi connectivity index (χ0n) is 23.5. The number of Topliss-reactive ketones (excluding diaryl/α,β-unsaturated/α-hetero) is 3. The van der Waals surface area contributed by atoms with Crippen molar-refractivity contribution in [2.45, 2.75) is 100 Å². The molecule has 0 aromatic rings. The summed E-state index contributed by atoms with van der Waals surface area (Å²) in [4.78, 5) is 64.1. The number of hydrogen-bond acceptors (Lipinski definition) is 6.